The SMILES string of the molecule is CC(O)[C@H](NC(=O)NC1(c2nc([C@@H](N)CO)no2)CC(CC(N)=O)C1)C(=O)O. The van der Waals surface area contributed by atoms with Crippen LogP contribution in [-0.2, 0) is 15.1 Å². The maximum absolute atomic E-state index is 12.3. The van der Waals surface area contributed by atoms with Gasteiger partial charge in [0.05, 0.1) is 18.8 Å². The number of primary amides is 1. The Balaban J connectivity index is 2.18. The Morgan fingerprint density at radius 2 is 2.04 bits per heavy atom. The van der Waals surface area contributed by atoms with Crippen molar-refractivity contribution in [3.05, 3.63) is 11.7 Å². The fourth-order valence-corrected chi connectivity index (χ4v) is 3.13. The first kappa shape index (κ1) is 21.5. The molecule has 13 heteroatoms. The summed E-state index contributed by atoms with van der Waals surface area (Å²) in [5, 5.41) is 36.1. The number of rotatable bonds is 9. The van der Waals surface area contributed by atoms with Gasteiger partial charge in [0.2, 0.25) is 5.91 Å². The van der Waals surface area contributed by atoms with Gasteiger partial charge in [-0.2, -0.15) is 4.98 Å². The molecule has 2 rings (SSSR count). The van der Waals surface area contributed by atoms with Gasteiger partial charge in [-0.3, -0.25) is 4.79 Å². The molecule has 9 N–H and O–H groups in total. The molecule has 1 aliphatic rings. The van der Waals surface area contributed by atoms with Crippen LogP contribution in [0.15, 0.2) is 4.52 Å². The van der Waals surface area contributed by atoms with Crippen LogP contribution < -0.4 is 22.1 Å². The highest BCUT2D eigenvalue weighted by Gasteiger charge is 2.51. The number of carbonyl (C=O) groups is 3. The number of aliphatic hydroxyl groups excluding tert-OH is 2. The quantitative estimate of drug-likeness (QED) is 0.234. The van der Waals surface area contributed by atoms with Crippen LogP contribution in [0.5, 0.6) is 0 Å². The monoisotopic (exact) mass is 400 g/mol. The van der Waals surface area contributed by atoms with E-state index in [1.165, 1.54) is 6.92 Å². The summed E-state index contributed by atoms with van der Waals surface area (Å²) >= 11 is 0. The third-order valence-electron chi connectivity index (χ3n) is 4.53. The van der Waals surface area contributed by atoms with Crippen molar-refractivity contribution in [2.45, 2.75) is 49.9 Å². The standard InChI is InChI=1S/C15H24N6O7/c1-6(23)10(12(25)26)18-14(27)20-15(3-7(4-15)2-9(17)24)13-19-11(21-28-13)8(16)5-22/h6-8,10,22-23H,2-5,16H2,1H3,(H2,17,24)(H,25,26)(H2,18,20,27)/t6?,7?,8-,10-,15?/m0/s1. The summed E-state index contributed by atoms with van der Waals surface area (Å²) in [6.45, 7) is 0.806. The number of hydrogen-bond donors (Lipinski definition) is 7. The summed E-state index contributed by atoms with van der Waals surface area (Å²) in [5.74, 6) is -2.02. The van der Waals surface area contributed by atoms with Crippen LogP contribution in [-0.4, -0.2) is 62.1 Å². The van der Waals surface area contributed by atoms with Crippen LogP contribution >= 0.6 is 0 Å². The van der Waals surface area contributed by atoms with E-state index in [0.29, 0.717) is 0 Å². The largest absolute Gasteiger partial charge is 0.480 e. The molecule has 0 bridgehead atoms. The number of carbonyl (C=O) groups excluding carboxylic acids is 2. The number of urea groups is 1. The van der Waals surface area contributed by atoms with E-state index in [1.54, 1.807) is 0 Å². The Bertz CT molecular complexity index is 730. The predicted octanol–water partition coefficient (Wildman–Crippen LogP) is -2.32. The molecule has 1 aromatic rings. The molecule has 1 saturated carbocycles. The summed E-state index contributed by atoms with van der Waals surface area (Å²) in [6.07, 6.45) is -0.758. The van der Waals surface area contributed by atoms with Gasteiger partial charge < -0.3 is 41.9 Å². The van der Waals surface area contributed by atoms with Crippen LogP contribution in [0.4, 0.5) is 4.79 Å². The molecule has 13 nitrogen and oxygen atoms in total. The van der Waals surface area contributed by atoms with Crippen LogP contribution in [0.1, 0.15) is 43.9 Å². The van der Waals surface area contributed by atoms with Gasteiger partial charge in [0.1, 0.15) is 5.54 Å². The molecule has 1 aliphatic carbocycles. The number of aliphatic carboxylic acids is 1. The van der Waals surface area contributed by atoms with Gasteiger partial charge in [0.15, 0.2) is 11.9 Å². The molecule has 0 aliphatic heterocycles. The molecule has 0 spiro atoms. The van der Waals surface area contributed by atoms with Crippen LogP contribution in [0, 0.1) is 5.92 Å². The molecule has 0 saturated heterocycles. The van der Waals surface area contributed by atoms with E-state index in [4.69, 9.17) is 26.2 Å². The highest BCUT2D eigenvalue weighted by atomic mass is 16.5. The molecule has 3 amide bonds. The molecule has 1 unspecified atom stereocenters. The third-order valence-corrected chi connectivity index (χ3v) is 4.53. The van der Waals surface area contributed by atoms with Crippen molar-refractivity contribution in [2.75, 3.05) is 6.61 Å². The Labute approximate surface area is 159 Å². The van der Waals surface area contributed by atoms with E-state index in [2.05, 4.69) is 20.8 Å². The number of aliphatic hydroxyl groups is 2. The average molecular weight is 400 g/mol. The zero-order valence-corrected chi connectivity index (χ0v) is 15.2. The number of nitrogens with zero attached hydrogens (tertiary/aromatic N) is 2. The van der Waals surface area contributed by atoms with Gasteiger partial charge in [-0.1, -0.05) is 5.16 Å². The Kier molecular flexibility index (Phi) is 6.53. The lowest BCUT2D eigenvalue weighted by Crippen LogP contribution is -2.60. The van der Waals surface area contributed by atoms with Crippen molar-refractivity contribution in [1.29, 1.82) is 0 Å². The number of amides is 3. The second-order valence-corrected chi connectivity index (χ2v) is 6.93. The molecule has 1 heterocycles. The minimum atomic E-state index is -1.53. The summed E-state index contributed by atoms with van der Waals surface area (Å²) in [6, 6.07) is -3.28. The first-order chi connectivity index (χ1) is 13.1. The number of carboxylic acids is 1. The normalized spacial score (nSPS) is 24.5. The molecule has 0 aromatic carbocycles. The average Bonchev–Trinajstić information content (AvgIpc) is 3.06. The lowest BCUT2D eigenvalue weighted by atomic mass is 9.66. The van der Waals surface area contributed by atoms with Crippen molar-refractivity contribution < 1.29 is 34.2 Å². The Morgan fingerprint density at radius 3 is 2.54 bits per heavy atom. The zero-order chi connectivity index (χ0) is 21.1. The Hall–Kier alpha value is -2.77. The van der Waals surface area contributed by atoms with Crippen LogP contribution in [0.3, 0.4) is 0 Å². The maximum atomic E-state index is 12.3. The molecule has 3 atom stereocenters. The van der Waals surface area contributed by atoms with Gasteiger partial charge >= 0.3 is 12.0 Å². The Morgan fingerprint density at radius 1 is 1.39 bits per heavy atom. The second-order valence-electron chi connectivity index (χ2n) is 6.93. The van der Waals surface area contributed by atoms with Gasteiger partial charge in [-0.25, -0.2) is 9.59 Å². The van der Waals surface area contributed by atoms with E-state index in [0.717, 1.165) is 0 Å². The number of carboxylic acid groups (broad SMARTS) is 1. The summed E-state index contributed by atoms with van der Waals surface area (Å²) in [5.41, 5.74) is 9.69. The number of hydrogen-bond acceptors (Lipinski definition) is 9. The highest BCUT2D eigenvalue weighted by molar-refractivity contribution is 5.83. The minimum absolute atomic E-state index is 0.00573. The van der Waals surface area contributed by atoms with Gasteiger partial charge in [0, 0.05) is 6.42 Å². The zero-order valence-electron chi connectivity index (χ0n) is 15.2. The van der Waals surface area contributed by atoms with Crippen LogP contribution in [0.25, 0.3) is 0 Å². The summed E-state index contributed by atoms with van der Waals surface area (Å²) in [4.78, 5) is 38.7. The fourth-order valence-electron chi connectivity index (χ4n) is 3.13. The van der Waals surface area contributed by atoms with Crippen molar-refractivity contribution in [3.8, 4) is 0 Å². The van der Waals surface area contributed by atoms with Crippen LogP contribution in [0.2, 0.25) is 0 Å². The van der Waals surface area contributed by atoms with E-state index in [1.807, 2.05) is 0 Å². The first-order valence-electron chi connectivity index (χ1n) is 8.56. The van der Waals surface area contributed by atoms with Crippen molar-refractivity contribution in [3.63, 3.8) is 0 Å². The van der Waals surface area contributed by atoms with Gasteiger partial charge in [-0.05, 0) is 25.7 Å². The number of aromatic nitrogens is 2. The summed E-state index contributed by atoms with van der Waals surface area (Å²) < 4.78 is 5.17. The van der Waals surface area contributed by atoms with Gasteiger partial charge in [0.25, 0.3) is 5.89 Å². The maximum Gasteiger partial charge on any atom is 0.328 e. The molecule has 1 aromatic heterocycles. The van der Waals surface area contributed by atoms with E-state index >= 15 is 0 Å². The second kappa shape index (κ2) is 8.50. The van der Waals surface area contributed by atoms with Crippen molar-refractivity contribution in [1.82, 2.24) is 20.8 Å². The van der Waals surface area contributed by atoms with Crippen molar-refractivity contribution >= 4 is 17.9 Å². The molecule has 1 fully saturated rings. The topological polar surface area (TPSA) is 227 Å². The summed E-state index contributed by atoms with van der Waals surface area (Å²) in [7, 11) is 0. The molecule has 0 radical (unpaired) electrons. The van der Waals surface area contributed by atoms with Crippen molar-refractivity contribution in [2.24, 2.45) is 17.4 Å². The van der Waals surface area contributed by atoms with E-state index in [9.17, 15) is 19.5 Å². The molecular formula is C15H24N6O7. The fraction of sp³-hybridized carbons (Fsp3) is 0.667. The molecule has 156 valence electrons. The number of nitrogens with two attached hydrogens (primary N) is 2. The minimum Gasteiger partial charge on any atom is -0.480 e. The molecule has 28 heavy (non-hydrogen) atoms. The third kappa shape index (κ3) is 4.74. The lowest BCUT2D eigenvalue weighted by molar-refractivity contribution is -0.141. The molecular weight excluding hydrogens is 376 g/mol. The van der Waals surface area contributed by atoms with Gasteiger partial charge in [-0.15, -0.1) is 0 Å². The first-order valence-corrected chi connectivity index (χ1v) is 8.56. The highest BCUT2D eigenvalue weighted by Crippen LogP contribution is 2.46. The lowest BCUT2D eigenvalue weighted by Gasteiger charge is -2.45. The predicted molar refractivity (Wildman–Crippen MR) is 91.3 cm³/mol. The van der Waals surface area contributed by atoms with E-state index < -0.39 is 48.2 Å². The smallest absolute Gasteiger partial charge is 0.328 e. The van der Waals surface area contributed by atoms with E-state index in [-0.39, 0.29) is 36.9 Å². The number of nitrogens with one attached hydrogen (secondary N) is 2.